The van der Waals surface area contributed by atoms with Crippen LogP contribution in [0.3, 0.4) is 0 Å². The lowest BCUT2D eigenvalue weighted by molar-refractivity contribution is 0.214. The molecule has 1 unspecified atom stereocenters. The van der Waals surface area contributed by atoms with Crippen LogP contribution in [0.5, 0.6) is 11.5 Å². The summed E-state index contributed by atoms with van der Waals surface area (Å²) in [6.45, 7) is 7.35. The maximum atomic E-state index is 6.03. The zero-order chi connectivity index (χ0) is 26.7. The van der Waals surface area contributed by atoms with Gasteiger partial charge >= 0.3 is 0 Å². The summed E-state index contributed by atoms with van der Waals surface area (Å²) in [6.07, 6.45) is 8.76. The van der Waals surface area contributed by atoms with Gasteiger partial charge in [0.1, 0.15) is 18.1 Å². The number of rotatable bonds is 12. The Hall–Kier alpha value is -3.18. The molecule has 208 valence electrons. The minimum Gasteiger partial charge on any atom is -0.497 e. The second-order valence-electron chi connectivity index (χ2n) is 11.0. The van der Waals surface area contributed by atoms with Crippen LogP contribution in [0.4, 0.5) is 11.4 Å². The van der Waals surface area contributed by atoms with Crippen LogP contribution in [-0.2, 0) is 6.42 Å². The molecule has 0 aliphatic carbocycles. The fourth-order valence-electron chi connectivity index (χ4n) is 5.99. The normalized spacial score (nSPS) is 18.1. The minimum absolute atomic E-state index is 0.534. The minimum atomic E-state index is 0.534. The summed E-state index contributed by atoms with van der Waals surface area (Å²) in [5, 5.41) is 3.74. The number of methoxy groups -OCH3 is 1. The number of nitrogens with one attached hydrogen (secondary N) is 1. The second-order valence-corrected chi connectivity index (χ2v) is 11.0. The van der Waals surface area contributed by atoms with E-state index < -0.39 is 0 Å². The molecular formula is C34H45N3O2. The van der Waals surface area contributed by atoms with E-state index >= 15 is 0 Å². The highest BCUT2D eigenvalue weighted by Crippen LogP contribution is 2.35. The summed E-state index contributed by atoms with van der Waals surface area (Å²) in [6, 6.07) is 26.0. The number of aryl methyl sites for hydroxylation is 1. The van der Waals surface area contributed by atoms with Gasteiger partial charge in [-0.2, -0.15) is 0 Å². The quantitative estimate of drug-likeness (QED) is 0.257. The van der Waals surface area contributed by atoms with E-state index in [-0.39, 0.29) is 0 Å². The van der Waals surface area contributed by atoms with Crippen LogP contribution in [0, 0.1) is 0 Å². The fourth-order valence-corrected chi connectivity index (χ4v) is 5.99. The van der Waals surface area contributed by atoms with Crippen molar-refractivity contribution in [2.45, 2.75) is 50.9 Å². The van der Waals surface area contributed by atoms with E-state index in [0.717, 1.165) is 57.1 Å². The average molecular weight is 528 g/mol. The number of hydrogen-bond donors (Lipinski definition) is 1. The maximum absolute atomic E-state index is 6.03. The van der Waals surface area contributed by atoms with Crippen molar-refractivity contribution in [3.8, 4) is 11.5 Å². The maximum Gasteiger partial charge on any atom is 0.120 e. The predicted molar refractivity (Wildman–Crippen MR) is 163 cm³/mol. The van der Waals surface area contributed by atoms with Crippen molar-refractivity contribution in [1.82, 2.24) is 4.90 Å². The van der Waals surface area contributed by atoms with Crippen LogP contribution in [-0.4, -0.2) is 57.9 Å². The Bertz CT molecular complexity index is 1140. The molecule has 3 aromatic rings. The molecule has 0 aromatic heterocycles. The van der Waals surface area contributed by atoms with E-state index in [4.69, 9.17) is 9.47 Å². The summed E-state index contributed by atoms with van der Waals surface area (Å²) < 4.78 is 11.5. The van der Waals surface area contributed by atoms with Crippen molar-refractivity contribution >= 4 is 11.4 Å². The SMILES string of the molecule is COc1cccc(N2CCC(c3ccccc3NCCCc3ccc(OCCN4CCCCCC4)cc3)C2)c1. The van der Waals surface area contributed by atoms with Crippen molar-refractivity contribution in [2.24, 2.45) is 0 Å². The van der Waals surface area contributed by atoms with Gasteiger partial charge in [-0.1, -0.05) is 49.2 Å². The van der Waals surface area contributed by atoms with Gasteiger partial charge in [-0.25, -0.2) is 0 Å². The molecule has 0 radical (unpaired) electrons. The standard InChI is InChI=1S/C34H45N3O2/c1-38-32-12-8-11-30(26-32)37-23-19-29(27-37)33-13-4-5-14-34(33)35-20-9-10-28-15-17-31(18-16-28)39-25-24-36-21-6-2-3-7-22-36/h4-5,8,11-18,26,29,35H,2-3,6-7,9-10,19-25,27H2,1H3. The number of likely N-dealkylation sites (tertiary alicyclic amines) is 1. The number of ether oxygens (including phenoxy) is 2. The van der Waals surface area contributed by atoms with E-state index in [1.54, 1.807) is 7.11 Å². The first-order valence-corrected chi connectivity index (χ1v) is 14.9. The molecule has 5 nitrogen and oxygen atoms in total. The molecule has 1 atom stereocenters. The third-order valence-corrected chi connectivity index (χ3v) is 8.26. The molecule has 2 heterocycles. The van der Waals surface area contributed by atoms with Gasteiger partial charge in [0, 0.05) is 49.5 Å². The van der Waals surface area contributed by atoms with Gasteiger partial charge in [-0.15, -0.1) is 0 Å². The highest BCUT2D eigenvalue weighted by molar-refractivity contribution is 5.56. The number of nitrogens with zero attached hydrogens (tertiary/aromatic N) is 2. The smallest absolute Gasteiger partial charge is 0.120 e. The third-order valence-electron chi connectivity index (χ3n) is 8.26. The van der Waals surface area contributed by atoms with Crippen molar-refractivity contribution < 1.29 is 9.47 Å². The highest BCUT2D eigenvalue weighted by Gasteiger charge is 2.26. The van der Waals surface area contributed by atoms with Crippen LogP contribution in [0.15, 0.2) is 72.8 Å². The zero-order valence-electron chi connectivity index (χ0n) is 23.6. The second kappa shape index (κ2) is 14.3. The first-order valence-electron chi connectivity index (χ1n) is 14.9. The van der Waals surface area contributed by atoms with Gasteiger partial charge < -0.3 is 19.7 Å². The lowest BCUT2D eigenvalue weighted by atomic mass is 9.96. The van der Waals surface area contributed by atoms with E-state index in [1.165, 1.54) is 67.7 Å². The molecule has 5 heteroatoms. The summed E-state index contributed by atoms with van der Waals surface area (Å²) in [5.74, 6) is 2.44. The van der Waals surface area contributed by atoms with Gasteiger partial charge in [0.2, 0.25) is 0 Å². The first-order chi connectivity index (χ1) is 19.3. The first kappa shape index (κ1) is 27.4. The van der Waals surface area contributed by atoms with Crippen molar-refractivity contribution in [2.75, 3.05) is 63.2 Å². The average Bonchev–Trinajstić information content (AvgIpc) is 3.34. The Morgan fingerprint density at radius 1 is 0.846 bits per heavy atom. The molecule has 2 fully saturated rings. The molecule has 2 aliphatic rings. The molecule has 0 spiro atoms. The Morgan fingerprint density at radius 2 is 1.67 bits per heavy atom. The third kappa shape index (κ3) is 7.92. The number of anilines is 2. The number of benzene rings is 3. The van der Waals surface area contributed by atoms with Crippen LogP contribution < -0.4 is 19.7 Å². The van der Waals surface area contributed by atoms with E-state index in [2.05, 4.69) is 81.8 Å². The predicted octanol–water partition coefficient (Wildman–Crippen LogP) is 6.99. The Morgan fingerprint density at radius 3 is 2.49 bits per heavy atom. The van der Waals surface area contributed by atoms with Crippen LogP contribution >= 0.6 is 0 Å². The topological polar surface area (TPSA) is 37.0 Å². The molecule has 2 aliphatic heterocycles. The number of hydrogen-bond acceptors (Lipinski definition) is 5. The van der Waals surface area contributed by atoms with Crippen LogP contribution in [0.1, 0.15) is 55.6 Å². The summed E-state index contributed by atoms with van der Waals surface area (Å²) >= 11 is 0. The molecule has 1 N–H and O–H groups in total. The molecule has 5 rings (SSSR count). The van der Waals surface area contributed by atoms with Gasteiger partial charge in [0.25, 0.3) is 0 Å². The van der Waals surface area contributed by atoms with E-state index in [9.17, 15) is 0 Å². The zero-order valence-corrected chi connectivity index (χ0v) is 23.6. The van der Waals surface area contributed by atoms with Gasteiger partial charge in [-0.05, 0) is 86.7 Å². The van der Waals surface area contributed by atoms with Crippen LogP contribution in [0.2, 0.25) is 0 Å². The molecule has 0 saturated carbocycles. The van der Waals surface area contributed by atoms with Gasteiger partial charge in [0.15, 0.2) is 0 Å². The Labute approximate surface area is 235 Å². The highest BCUT2D eigenvalue weighted by atomic mass is 16.5. The molecule has 0 amide bonds. The van der Waals surface area contributed by atoms with Crippen molar-refractivity contribution in [1.29, 1.82) is 0 Å². The van der Waals surface area contributed by atoms with Crippen LogP contribution in [0.25, 0.3) is 0 Å². The Kier molecular flexibility index (Phi) is 10.0. The van der Waals surface area contributed by atoms with E-state index in [0.29, 0.717) is 5.92 Å². The van der Waals surface area contributed by atoms with Crippen molar-refractivity contribution in [3.63, 3.8) is 0 Å². The lowest BCUT2D eigenvalue weighted by Crippen LogP contribution is -2.29. The number of para-hydroxylation sites is 1. The molecule has 3 aromatic carbocycles. The fraction of sp³-hybridized carbons (Fsp3) is 0.471. The summed E-state index contributed by atoms with van der Waals surface area (Å²) in [4.78, 5) is 5.03. The molecule has 2 saturated heterocycles. The van der Waals surface area contributed by atoms with Gasteiger partial charge in [0.05, 0.1) is 7.11 Å². The molecule has 0 bridgehead atoms. The van der Waals surface area contributed by atoms with Crippen molar-refractivity contribution in [3.05, 3.63) is 83.9 Å². The molecule has 39 heavy (non-hydrogen) atoms. The Balaban J connectivity index is 1.05. The van der Waals surface area contributed by atoms with E-state index in [1.807, 2.05) is 6.07 Å². The monoisotopic (exact) mass is 527 g/mol. The molecular weight excluding hydrogens is 482 g/mol. The van der Waals surface area contributed by atoms with Gasteiger partial charge in [-0.3, -0.25) is 4.90 Å². The summed E-state index contributed by atoms with van der Waals surface area (Å²) in [7, 11) is 1.73. The largest absolute Gasteiger partial charge is 0.497 e. The lowest BCUT2D eigenvalue weighted by Gasteiger charge is -2.21. The summed E-state index contributed by atoms with van der Waals surface area (Å²) in [5.41, 5.74) is 5.33.